The molecule has 5 heteroatoms. The molecule has 0 aromatic heterocycles. The molecule has 26 heavy (non-hydrogen) atoms. The Morgan fingerprint density at radius 3 is 2.38 bits per heavy atom. The highest BCUT2D eigenvalue weighted by Gasteiger charge is 2.36. The minimum absolute atomic E-state index is 0.0125. The first-order valence-electron chi connectivity index (χ1n) is 8.16. The van der Waals surface area contributed by atoms with Crippen LogP contribution < -0.4 is 5.73 Å². The molecule has 0 spiro atoms. The molecule has 2 aromatic carbocycles. The number of allylic oxidation sites excluding steroid dienone is 2. The van der Waals surface area contributed by atoms with Gasteiger partial charge < -0.3 is 15.2 Å². The van der Waals surface area contributed by atoms with Crippen molar-refractivity contribution in [2.24, 2.45) is 5.73 Å². The van der Waals surface area contributed by atoms with Crippen molar-refractivity contribution >= 4 is 5.97 Å². The number of hydrogen-bond acceptors (Lipinski definition) is 5. The molecule has 0 bridgehead atoms. The predicted octanol–water partition coefficient (Wildman–Crippen LogP) is 3.51. The number of hydrogen-bond donors (Lipinski definition) is 1. The van der Waals surface area contributed by atoms with Crippen LogP contribution in [0.25, 0.3) is 0 Å². The van der Waals surface area contributed by atoms with Crippen LogP contribution in [0.2, 0.25) is 0 Å². The van der Waals surface area contributed by atoms with Gasteiger partial charge in [-0.3, -0.25) is 0 Å². The van der Waals surface area contributed by atoms with E-state index < -0.39 is 11.9 Å². The number of nitriles is 1. The van der Waals surface area contributed by atoms with Crippen molar-refractivity contribution in [2.45, 2.75) is 19.4 Å². The highest BCUT2D eigenvalue weighted by molar-refractivity contribution is 5.92. The van der Waals surface area contributed by atoms with Crippen LogP contribution in [0, 0.1) is 11.3 Å². The molecule has 0 radical (unpaired) electrons. The topological polar surface area (TPSA) is 85.3 Å². The van der Waals surface area contributed by atoms with Crippen LogP contribution in [0.1, 0.15) is 24.0 Å². The second-order valence-corrected chi connectivity index (χ2v) is 5.87. The lowest BCUT2D eigenvalue weighted by atomic mass is 9.83. The average molecular weight is 346 g/mol. The number of esters is 1. The minimum Gasteiger partial charge on any atom is -0.457 e. The quantitative estimate of drug-likeness (QED) is 0.856. The lowest BCUT2D eigenvalue weighted by Crippen LogP contribution is -2.25. The molecule has 0 amide bonds. The van der Waals surface area contributed by atoms with Crippen LogP contribution in [0.3, 0.4) is 0 Å². The third kappa shape index (κ3) is 3.45. The summed E-state index contributed by atoms with van der Waals surface area (Å²) in [5.74, 6) is -0.787. The summed E-state index contributed by atoms with van der Waals surface area (Å²) in [6, 6.07) is 20.7. The maximum absolute atomic E-state index is 12.8. The molecular weight excluding hydrogens is 328 g/mol. The van der Waals surface area contributed by atoms with Crippen molar-refractivity contribution in [1.29, 1.82) is 5.26 Å². The van der Waals surface area contributed by atoms with E-state index in [4.69, 9.17) is 15.2 Å². The minimum atomic E-state index is -0.613. The zero-order chi connectivity index (χ0) is 18.5. The van der Waals surface area contributed by atoms with Crippen molar-refractivity contribution in [1.82, 2.24) is 0 Å². The van der Waals surface area contributed by atoms with Crippen LogP contribution in [-0.4, -0.2) is 5.97 Å². The van der Waals surface area contributed by atoms with E-state index in [2.05, 4.69) is 6.07 Å². The number of benzene rings is 2. The number of rotatable bonds is 4. The molecule has 1 atom stereocenters. The Morgan fingerprint density at radius 2 is 1.77 bits per heavy atom. The van der Waals surface area contributed by atoms with E-state index in [9.17, 15) is 10.1 Å². The first-order valence-corrected chi connectivity index (χ1v) is 8.16. The Balaban J connectivity index is 1.93. The molecule has 5 nitrogen and oxygen atoms in total. The number of carbonyl (C=O) groups is 1. The molecule has 0 saturated heterocycles. The van der Waals surface area contributed by atoms with Gasteiger partial charge in [-0.2, -0.15) is 5.26 Å². The van der Waals surface area contributed by atoms with Crippen molar-refractivity contribution < 1.29 is 14.3 Å². The lowest BCUT2D eigenvalue weighted by Gasteiger charge is -2.26. The van der Waals surface area contributed by atoms with Crippen LogP contribution >= 0.6 is 0 Å². The summed E-state index contributed by atoms with van der Waals surface area (Å²) in [5, 5.41) is 9.54. The van der Waals surface area contributed by atoms with Gasteiger partial charge in [-0.05, 0) is 18.1 Å². The summed E-state index contributed by atoms with van der Waals surface area (Å²) in [6.07, 6.45) is 0. The van der Waals surface area contributed by atoms with Gasteiger partial charge in [0.15, 0.2) is 0 Å². The second kappa shape index (κ2) is 7.58. The molecular formula is C21H18N2O3. The standard InChI is InChI=1S/C21H18N2O3/c1-14-18(21(24)25-13-15-8-4-2-5-9-15)19(16-10-6-3-7-11-16)17(12-22)20(23)26-14/h2-11,19H,13,23H2,1H3/t19-/m0/s1. The van der Waals surface area contributed by atoms with Gasteiger partial charge in [-0.25, -0.2) is 4.79 Å². The number of carbonyl (C=O) groups excluding carboxylic acids is 1. The second-order valence-electron chi connectivity index (χ2n) is 5.87. The molecule has 1 aliphatic rings. The highest BCUT2D eigenvalue weighted by atomic mass is 16.5. The molecule has 1 heterocycles. The monoisotopic (exact) mass is 346 g/mol. The third-order valence-electron chi connectivity index (χ3n) is 4.17. The Bertz CT molecular complexity index is 909. The van der Waals surface area contributed by atoms with E-state index in [1.54, 1.807) is 6.92 Å². The lowest BCUT2D eigenvalue weighted by molar-refractivity contribution is -0.140. The average Bonchev–Trinajstić information content (AvgIpc) is 2.67. The fourth-order valence-electron chi connectivity index (χ4n) is 2.93. The van der Waals surface area contributed by atoms with Gasteiger partial charge in [0.1, 0.15) is 24.0 Å². The summed E-state index contributed by atoms with van der Waals surface area (Å²) in [4.78, 5) is 12.8. The molecule has 3 rings (SSSR count). The van der Waals surface area contributed by atoms with Gasteiger partial charge in [0.05, 0.1) is 11.5 Å². The largest absolute Gasteiger partial charge is 0.457 e. The Labute approximate surface area is 152 Å². The normalized spacial score (nSPS) is 16.7. The first kappa shape index (κ1) is 17.3. The SMILES string of the molecule is CC1=C(C(=O)OCc2ccccc2)[C@@H](c2ccccc2)C(C#N)=C(N)O1. The van der Waals surface area contributed by atoms with Crippen LogP contribution in [0.15, 0.2) is 83.5 Å². The Kier molecular flexibility index (Phi) is 5.04. The summed E-state index contributed by atoms with van der Waals surface area (Å²) in [7, 11) is 0. The fourth-order valence-corrected chi connectivity index (χ4v) is 2.93. The third-order valence-corrected chi connectivity index (χ3v) is 4.17. The highest BCUT2D eigenvalue weighted by Crippen LogP contribution is 2.39. The van der Waals surface area contributed by atoms with Gasteiger partial charge in [0, 0.05) is 0 Å². The Morgan fingerprint density at radius 1 is 1.15 bits per heavy atom. The van der Waals surface area contributed by atoms with Gasteiger partial charge in [-0.15, -0.1) is 0 Å². The van der Waals surface area contributed by atoms with Crippen molar-refractivity contribution in [3.8, 4) is 6.07 Å². The predicted molar refractivity (Wildman–Crippen MR) is 96.0 cm³/mol. The fraction of sp³-hybridized carbons (Fsp3) is 0.143. The smallest absolute Gasteiger partial charge is 0.338 e. The van der Waals surface area contributed by atoms with E-state index in [0.29, 0.717) is 5.76 Å². The van der Waals surface area contributed by atoms with Gasteiger partial charge in [0.25, 0.3) is 0 Å². The van der Waals surface area contributed by atoms with Crippen LogP contribution in [-0.2, 0) is 20.9 Å². The van der Waals surface area contributed by atoms with E-state index >= 15 is 0 Å². The summed E-state index contributed by atoms with van der Waals surface area (Å²) >= 11 is 0. The molecule has 1 aliphatic heterocycles. The van der Waals surface area contributed by atoms with Crippen LogP contribution in [0.5, 0.6) is 0 Å². The van der Waals surface area contributed by atoms with Gasteiger partial charge in [0.2, 0.25) is 5.88 Å². The molecule has 130 valence electrons. The van der Waals surface area contributed by atoms with Crippen molar-refractivity contribution in [3.63, 3.8) is 0 Å². The summed E-state index contributed by atoms with van der Waals surface area (Å²) in [6.45, 7) is 1.79. The number of nitrogens with zero attached hydrogens (tertiary/aromatic N) is 1. The van der Waals surface area contributed by atoms with E-state index in [0.717, 1.165) is 11.1 Å². The molecule has 0 saturated carbocycles. The summed E-state index contributed by atoms with van der Waals surface area (Å²) in [5.41, 5.74) is 8.03. The van der Waals surface area contributed by atoms with Crippen molar-refractivity contribution in [3.05, 3.63) is 94.6 Å². The molecule has 2 N–H and O–H groups in total. The van der Waals surface area contributed by atoms with E-state index in [-0.39, 0.29) is 23.6 Å². The Hall–Kier alpha value is -3.52. The summed E-state index contributed by atoms with van der Waals surface area (Å²) < 4.78 is 10.9. The number of nitrogens with two attached hydrogens (primary N) is 1. The first-order chi connectivity index (χ1) is 12.6. The molecule has 2 aromatic rings. The zero-order valence-corrected chi connectivity index (χ0v) is 14.3. The van der Waals surface area contributed by atoms with Gasteiger partial charge in [-0.1, -0.05) is 60.7 Å². The van der Waals surface area contributed by atoms with Crippen LogP contribution in [0.4, 0.5) is 0 Å². The number of ether oxygens (including phenoxy) is 2. The zero-order valence-electron chi connectivity index (χ0n) is 14.3. The molecule has 0 unspecified atom stereocenters. The van der Waals surface area contributed by atoms with Gasteiger partial charge >= 0.3 is 5.97 Å². The maximum Gasteiger partial charge on any atom is 0.338 e. The molecule has 0 fully saturated rings. The van der Waals surface area contributed by atoms with E-state index in [1.165, 1.54) is 0 Å². The van der Waals surface area contributed by atoms with Crippen molar-refractivity contribution in [2.75, 3.05) is 0 Å². The van der Waals surface area contributed by atoms with E-state index in [1.807, 2.05) is 60.7 Å². The maximum atomic E-state index is 12.8. The molecule has 0 aliphatic carbocycles.